The molecule has 1 aromatic carbocycles. The van der Waals surface area contributed by atoms with Crippen molar-refractivity contribution in [2.45, 2.75) is 11.9 Å². The molecule has 0 atom stereocenters. The second-order valence-corrected chi connectivity index (χ2v) is 7.22. The molecular weight excluding hydrogens is 374 g/mol. The summed E-state index contributed by atoms with van der Waals surface area (Å²) in [6.45, 7) is 1.79. The van der Waals surface area contributed by atoms with Gasteiger partial charge in [-0.05, 0) is 30.7 Å². The third kappa shape index (κ3) is 3.62. The van der Waals surface area contributed by atoms with Gasteiger partial charge in [-0.3, -0.25) is 9.29 Å². The van der Waals surface area contributed by atoms with E-state index in [1.165, 1.54) is 17.1 Å². The Morgan fingerprint density at radius 2 is 1.80 bits per heavy atom. The lowest BCUT2D eigenvalue weighted by molar-refractivity contribution is 0.583. The van der Waals surface area contributed by atoms with Gasteiger partial charge in [0, 0.05) is 12.3 Å². The number of rotatable bonds is 4. The number of aryl methyl sites for hydroxylation is 1. The zero-order valence-electron chi connectivity index (χ0n) is 12.7. The van der Waals surface area contributed by atoms with Crippen molar-refractivity contribution in [2.75, 3.05) is 4.72 Å². The highest BCUT2D eigenvalue weighted by molar-refractivity contribution is 7.92. The number of benzene rings is 1. The maximum Gasteiger partial charge on any atom is 0.279 e. The number of imidazole rings is 1. The number of halogens is 3. The maximum absolute atomic E-state index is 13.3. The predicted molar refractivity (Wildman–Crippen MR) is 88.3 cm³/mol. The van der Waals surface area contributed by atoms with E-state index < -0.39 is 21.7 Å². The van der Waals surface area contributed by atoms with Gasteiger partial charge in [-0.1, -0.05) is 11.6 Å². The third-order valence-electron chi connectivity index (χ3n) is 3.18. The van der Waals surface area contributed by atoms with Crippen LogP contribution in [0.1, 0.15) is 5.56 Å². The van der Waals surface area contributed by atoms with Crippen LogP contribution >= 0.6 is 11.6 Å². The first-order valence-corrected chi connectivity index (χ1v) is 8.76. The number of sulfonamides is 1. The molecule has 1 N–H and O–H groups in total. The number of aromatic nitrogens is 3. The number of pyridine rings is 1. The fourth-order valence-corrected chi connectivity index (χ4v) is 3.60. The normalized spacial score (nSPS) is 11.5. The first kappa shape index (κ1) is 17.3. The second-order valence-electron chi connectivity index (χ2n) is 5.18. The van der Waals surface area contributed by atoms with Crippen LogP contribution in [0.3, 0.4) is 0 Å². The minimum absolute atomic E-state index is 0.163. The van der Waals surface area contributed by atoms with Gasteiger partial charge in [0.1, 0.15) is 18.0 Å². The molecule has 130 valence electrons. The Bertz CT molecular complexity index is 1030. The molecule has 2 aromatic heterocycles. The minimum Gasteiger partial charge on any atom is -0.278 e. The minimum atomic E-state index is -4.19. The van der Waals surface area contributed by atoms with Crippen LogP contribution in [0.4, 0.5) is 14.5 Å². The van der Waals surface area contributed by atoms with Gasteiger partial charge in [0.25, 0.3) is 10.0 Å². The highest BCUT2D eigenvalue weighted by Crippen LogP contribution is 2.24. The van der Waals surface area contributed by atoms with E-state index in [0.717, 1.165) is 23.9 Å². The molecule has 10 heteroatoms. The van der Waals surface area contributed by atoms with Gasteiger partial charge in [-0.25, -0.2) is 18.7 Å². The molecule has 3 rings (SSSR count). The number of nitrogens with one attached hydrogen (secondary N) is 1. The molecule has 0 bridgehead atoms. The van der Waals surface area contributed by atoms with Gasteiger partial charge < -0.3 is 0 Å². The van der Waals surface area contributed by atoms with Crippen LogP contribution in [0, 0.1) is 18.6 Å². The van der Waals surface area contributed by atoms with Crippen LogP contribution in [0.25, 0.3) is 5.82 Å². The van der Waals surface area contributed by atoms with Gasteiger partial charge in [-0.2, -0.15) is 8.42 Å². The van der Waals surface area contributed by atoms with E-state index in [1.807, 2.05) is 0 Å². The molecule has 25 heavy (non-hydrogen) atoms. The third-order valence-corrected chi connectivity index (χ3v) is 4.82. The molecule has 0 unspecified atom stereocenters. The standard InChI is InChI=1S/C15H11ClF2N4O2S/c1-9-2-13(16)15(20-6-9)22-8-19-7-14(22)25(23,24)21-12-4-10(17)3-11(18)5-12/h2-8,21H,1H3. The summed E-state index contributed by atoms with van der Waals surface area (Å²) in [6.07, 6.45) is 3.83. The molecular formula is C15H11ClF2N4O2S. The summed E-state index contributed by atoms with van der Waals surface area (Å²) in [5.74, 6) is -1.65. The van der Waals surface area contributed by atoms with E-state index in [0.29, 0.717) is 6.07 Å². The Balaban J connectivity index is 2.03. The van der Waals surface area contributed by atoms with E-state index >= 15 is 0 Å². The van der Waals surface area contributed by atoms with E-state index in [9.17, 15) is 17.2 Å². The zero-order chi connectivity index (χ0) is 18.2. The Hall–Kier alpha value is -2.52. The predicted octanol–water partition coefficient (Wildman–Crippen LogP) is 3.31. The Morgan fingerprint density at radius 3 is 2.44 bits per heavy atom. The highest BCUT2D eigenvalue weighted by atomic mass is 35.5. The van der Waals surface area contributed by atoms with E-state index in [1.54, 1.807) is 13.0 Å². The summed E-state index contributed by atoms with van der Waals surface area (Å²) in [5.41, 5.74) is 0.542. The van der Waals surface area contributed by atoms with Crippen molar-refractivity contribution in [1.29, 1.82) is 0 Å². The van der Waals surface area contributed by atoms with Crippen molar-refractivity contribution in [3.63, 3.8) is 0 Å². The number of anilines is 1. The summed E-state index contributed by atoms with van der Waals surface area (Å²) in [4.78, 5) is 7.91. The largest absolute Gasteiger partial charge is 0.279 e. The molecule has 0 spiro atoms. The maximum atomic E-state index is 13.3. The lowest BCUT2D eigenvalue weighted by Gasteiger charge is -2.11. The first-order chi connectivity index (χ1) is 11.8. The van der Waals surface area contributed by atoms with E-state index in [-0.39, 0.29) is 21.6 Å². The lowest BCUT2D eigenvalue weighted by Crippen LogP contribution is -2.17. The van der Waals surface area contributed by atoms with Gasteiger partial charge in [0.15, 0.2) is 10.8 Å². The Kier molecular flexibility index (Phi) is 4.44. The fraction of sp³-hybridized carbons (Fsp3) is 0.0667. The molecule has 0 saturated carbocycles. The van der Waals surface area contributed by atoms with E-state index in [4.69, 9.17) is 11.6 Å². The molecule has 6 nitrogen and oxygen atoms in total. The van der Waals surface area contributed by atoms with Crippen LogP contribution in [-0.4, -0.2) is 23.0 Å². The van der Waals surface area contributed by atoms with Gasteiger partial charge in [0.05, 0.1) is 16.9 Å². The molecule has 0 fully saturated rings. The smallest absolute Gasteiger partial charge is 0.278 e. The average Bonchev–Trinajstić information content (AvgIpc) is 2.95. The van der Waals surface area contributed by atoms with Crippen LogP contribution in [0.2, 0.25) is 5.02 Å². The summed E-state index contributed by atoms with van der Waals surface area (Å²) >= 11 is 6.12. The summed E-state index contributed by atoms with van der Waals surface area (Å²) in [5, 5.41) is -0.0540. The average molecular weight is 385 g/mol. The topological polar surface area (TPSA) is 76.9 Å². The summed E-state index contributed by atoms with van der Waals surface area (Å²) < 4.78 is 54.9. The van der Waals surface area contributed by atoms with Gasteiger partial charge >= 0.3 is 0 Å². The van der Waals surface area contributed by atoms with Crippen molar-refractivity contribution in [1.82, 2.24) is 14.5 Å². The van der Waals surface area contributed by atoms with E-state index in [2.05, 4.69) is 14.7 Å². The SMILES string of the molecule is Cc1cnc(-n2cncc2S(=O)(=O)Nc2cc(F)cc(F)c2)c(Cl)c1. The quantitative estimate of drug-likeness (QED) is 0.748. The summed E-state index contributed by atoms with van der Waals surface area (Å²) in [6, 6.07) is 3.98. The summed E-state index contributed by atoms with van der Waals surface area (Å²) in [7, 11) is -4.19. The molecule has 2 heterocycles. The number of hydrogen-bond acceptors (Lipinski definition) is 4. The van der Waals surface area contributed by atoms with Gasteiger partial charge in [-0.15, -0.1) is 0 Å². The van der Waals surface area contributed by atoms with Crippen molar-refractivity contribution >= 4 is 27.3 Å². The molecule has 0 saturated heterocycles. The molecule has 0 radical (unpaired) electrons. The molecule has 0 amide bonds. The lowest BCUT2D eigenvalue weighted by atomic mass is 10.3. The highest BCUT2D eigenvalue weighted by Gasteiger charge is 2.22. The first-order valence-electron chi connectivity index (χ1n) is 6.90. The second kappa shape index (κ2) is 6.41. The molecule has 0 aliphatic rings. The van der Waals surface area contributed by atoms with Crippen molar-refractivity contribution in [3.05, 3.63) is 65.2 Å². The molecule has 0 aliphatic carbocycles. The molecule has 3 aromatic rings. The van der Waals surface area contributed by atoms with Crippen LogP contribution < -0.4 is 4.72 Å². The Morgan fingerprint density at radius 1 is 1.12 bits per heavy atom. The van der Waals surface area contributed by atoms with Crippen molar-refractivity contribution < 1.29 is 17.2 Å². The fourth-order valence-electron chi connectivity index (χ4n) is 2.16. The van der Waals surface area contributed by atoms with Crippen molar-refractivity contribution in [2.24, 2.45) is 0 Å². The zero-order valence-corrected chi connectivity index (χ0v) is 14.3. The monoisotopic (exact) mass is 384 g/mol. The van der Waals surface area contributed by atoms with Crippen LogP contribution in [0.15, 0.2) is 48.0 Å². The van der Waals surface area contributed by atoms with Gasteiger partial charge in [0.2, 0.25) is 0 Å². The van der Waals surface area contributed by atoms with Crippen molar-refractivity contribution in [3.8, 4) is 5.82 Å². The number of hydrogen-bond donors (Lipinski definition) is 1. The van der Waals surface area contributed by atoms with Crippen LogP contribution in [-0.2, 0) is 10.0 Å². The number of nitrogens with zero attached hydrogens (tertiary/aromatic N) is 3. The van der Waals surface area contributed by atoms with Crippen LogP contribution in [0.5, 0.6) is 0 Å². The Labute approximate surface area is 147 Å². The molecule has 0 aliphatic heterocycles.